The molecule has 1 aromatic carbocycles. The maximum absolute atomic E-state index is 12.2. The molecule has 1 atom stereocenters. The highest BCUT2D eigenvalue weighted by atomic mass is 16.5. The van der Waals surface area contributed by atoms with Crippen molar-refractivity contribution in [3.63, 3.8) is 0 Å². The number of carbonyl (C=O) groups is 1. The lowest BCUT2D eigenvalue weighted by molar-refractivity contribution is -0.120. The Bertz CT molecular complexity index is 675. The maximum atomic E-state index is 12.2. The molecular formula is C18H24N4O2. The van der Waals surface area contributed by atoms with Gasteiger partial charge in [-0.1, -0.05) is 35.0 Å². The summed E-state index contributed by atoms with van der Waals surface area (Å²) in [4.78, 5) is 18.7. The van der Waals surface area contributed by atoms with E-state index in [1.807, 2.05) is 0 Å². The Morgan fingerprint density at radius 1 is 1.25 bits per heavy atom. The molecule has 0 radical (unpaired) electrons. The molecular weight excluding hydrogens is 304 g/mol. The summed E-state index contributed by atoms with van der Waals surface area (Å²) in [6, 6.07) is 8.79. The average Bonchev–Trinajstić information content (AvgIpc) is 3.21. The molecule has 0 bridgehead atoms. The van der Waals surface area contributed by atoms with Gasteiger partial charge in [-0.3, -0.25) is 9.69 Å². The molecule has 6 heteroatoms. The van der Waals surface area contributed by atoms with E-state index in [0.717, 1.165) is 13.1 Å². The first-order valence-corrected chi connectivity index (χ1v) is 8.48. The minimum Gasteiger partial charge on any atom is -0.354 e. The zero-order valence-corrected chi connectivity index (χ0v) is 14.3. The third kappa shape index (κ3) is 4.20. The molecule has 1 N–H and O–H groups in total. The molecule has 3 rings (SSSR count). The Labute approximate surface area is 142 Å². The van der Waals surface area contributed by atoms with Gasteiger partial charge in [0, 0.05) is 13.5 Å². The molecule has 1 fully saturated rings. The van der Waals surface area contributed by atoms with Crippen LogP contribution in [0.5, 0.6) is 0 Å². The van der Waals surface area contributed by atoms with Crippen molar-refractivity contribution in [2.75, 3.05) is 19.6 Å². The summed E-state index contributed by atoms with van der Waals surface area (Å²) < 4.78 is 4.90. The van der Waals surface area contributed by atoms with Crippen molar-refractivity contribution in [2.45, 2.75) is 39.2 Å². The fourth-order valence-corrected chi connectivity index (χ4v) is 3.13. The van der Waals surface area contributed by atoms with Crippen LogP contribution in [-0.2, 0) is 11.2 Å². The van der Waals surface area contributed by atoms with Crippen LogP contribution < -0.4 is 5.32 Å². The van der Waals surface area contributed by atoms with Gasteiger partial charge in [0.15, 0.2) is 5.82 Å². The molecule has 24 heavy (non-hydrogen) atoms. The van der Waals surface area contributed by atoms with E-state index in [4.69, 9.17) is 4.52 Å². The van der Waals surface area contributed by atoms with Crippen molar-refractivity contribution >= 4 is 5.91 Å². The topological polar surface area (TPSA) is 71.3 Å². The monoisotopic (exact) mass is 328 g/mol. The van der Waals surface area contributed by atoms with Crippen molar-refractivity contribution in [3.8, 4) is 0 Å². The van der Waals surface area contributed by atoms with Crippen LogP contribution in [-0.4, -0.2) is 40.6 Å². The van der Waals surface area contributed by atoms with Crippen LogP contribution in [0.2, 0.25) is 0 Å². The van der Waals surface area contributed by atoms with E-state index in [2.05, 4.69) is 51.5 Å². The summed E-state index contributed by atoms with van der Waals surface area (Å²) in [5.74, 6) is 0.831. The number of carbonyl (C=O) groups excluding carboxylic acids is 1. The number of likely N-dealkylation sites (tertiary alicyclic amines) is 1. The SMILES string of the molecule is Cc1ccc(C(CNC(=O)Cc2noc(C)n2)N2CCCC2)cc1. The molecule has 6 nitrogen and oxygen atoms in total. The van der Waals surface area contributed by atoms with Crippen molar-refractivity contribution in [3.05, 3.63) is 47.1 Å². The fourth-order valence-electron chi connectivity index (χ4n) is 3.13. The van der Waals surface area contributed by atoms with Crippen LogP contribution >= 0.6 is 0 Å². The summed E-state index contributed by atoms with van der Waals surface area (Å²) in [7, 11) is 0. The average molecular weight is 328 g/mol. The molecule has 0 spiro atoms. The minimum absolute atomic E-state index is 0.0768. The zero-order valence-electron chi connectivity index (χ0n) is 14.3. The van der Waals surface area contributed by atoms with Gasteiger partial charge in [0.2, 0.25) is 11.8 Å². The molecule has 2 heterocycles. The largest absolute Gasteiger partial charge is 0.354 e. The van der Waals surface area contributed by atoms with Gasteiger partial charge in [0.25, 0.3) is 0 Å². The molecule has 1 saturated heterocycles. The second kappa shape index (κ2) is 7.57. The first-order chi connectivity index (χ1) is 11.6. The molecule has 1 amide bonds. The van der Waals surface area contributed by atoms with E-state index >= 15 is 0 Å². The lowest BCUT2D eigenvalue weighted by Crippen LogP contribution is -2.37. The van der Waals surface area contributed by atoms with E-state index in [1.54, 1.807) is 6.92 Å². The van der Waals surface area contributed by atoms with E-state index in [-0.39, 0.29) is 18.4 Å². The van der Waals surface area contributed by atoms with Crippen LogP contribution in [0.15, 0.2) is 28.8 Å². The Morgan fingerprint density at radius 2 is 1.96 bits per heavy atom. The Morgan fingerprint density at radius 3 is 2.58 bits per heavy atom. The second-order valence-corrected chi connectivity index (χ2v) is 6.38. The number of benzene rings is 1. The predicted octanol–water partition coefficient (Wildman–Crippen LogP) is 2.18. The van der Waals surface area contributed by atoms with Crippen LogP contribution in [0.1, 0.15) is 41.7 Å². The van der Waals surface area contributed by atoms with Crippen molar-refractivity contribution in [2.24, 2.45) is 0 Å². The van der Waals surface area contributed by atoms with Gasteiger partial charge < -0.3 is 9.84 Å². The third-order valence-corrected chi connectivity index (χ3v) is 4.42. The van der Waals surface area contributed by atoms with Crippen molar-refractivity contribution in [1.82, 2.24) is 20.4 Å². The summed E-state index contributed by atoms with van der Waals surface area (Å²) in [5, 5.41) is 6.80. The fraction of sp³-hybridized carbons (Fsp3) is 0.500. The van der Waals surface area contributed by atoms with Gasteiger partial charge in [-0.2, -0.15) is 4.98 Å². The Balaban J connectivity index is 1.63. The molecule has 128 valence electrons. The molecule has 1 aliphatic heterocycles. The maximum Gasteiger partial charge on any atom is 0.227 e. The molecule has 1 aromatic heterocycles. The lowest BCUT2D eigenvalue weighted by atomic mass is 10.0. The van der Waals surface area contributed by atoms with Gasteiger partial charge in [0.05, 0.1) is 12.5 Å². The third-order valence-electron chi connectivity index (χ3n) is 4.42. The number of rotatable bonds is 6. The summed E-state index contributed by atoms with van der Waals surface area (Å²) in [5.41, 5.74) is 2.49. The van der Waals surface area contributed by atoms with E-state index < -0.39 is 0 Å². The van der Waals surface area contributed by atoms with Crippen molar-refractivity contribution in [1.29, 1.82) is 0 Å². The molecule has 1 aliphatic rings. The number of hydrogen-bond acceptors (Lipinski definition) is 5. The number of aryl methyl sites for hydroxylation is 2. The van der Waals surface area contributed by atoms with Gasteiger partial charge in [-0.05, 0) is 38.4 Å². The summed E-state index contributed by atoms with van der Waals surface area (Å²) in [6.07, 6.45) is 2.59. The first-order valence-electron chi connectivity index (χ1n) is 8.48. The number of amides is 1. The lowest BCUT2D eigenvalue weighted by Gasteiger charge is -2.28. The van der Waals surface area contributed by atoms with Gasteiger partial charge in [-0.15, -0.1) is 0 Å². The van der Waals surface area contributed by atoms with Crippen LogP contribution in [0, 0.1) is 13.8 Å². The van der Waals surface area contributed by atoms with E-state index in [1.165, 1.54) is 24.0 Å². The highest BCUT2D eigenvalue weighted by Crippen LogP contribution is 2.24. The summed E-state index contributed by atoms with van der Waals surface area (Å²) in [6.45, 7) is 6.56. The highest BCUT2D eigenvalue weighted by molar-refractivity contribution is 5.77. The number of hydrogen-bond donors (Lipinski definition) is 1. The number of aromatic nitrogens is 2. The first kappa shape index (κ1) is 16.6. The van der Waals surface area contributed by atoms with E-state index in [9.17, 15) is 4.79 Å². The van der Waals surface area contributed by atoms with Crippen LogP contribution in [0.25, 0.3) is 0 Å². The molecule has 1 unspecified atom stereocenters. The molecule has 2 aromatic rings. The number of nitrogens with zero attached hydrogens (tertiary/aromatic N) is 3. The Hall–Kier alpha value is -2.21. The zero-order chi connectivity index (χ0) is 16.9. The van der Waals surface area contributed by atoms with Gasteiger partial charge in [0.1, 0.15) is 0 Å². The van der Waals surface area contributed by atoms with Crippen LogP contribution in [0.4, 0.5) is 0 Å². The quantitative estimate of drug-likeness (QED) is 0.880. The highest BCUT2D eigenvalue weighted by Gasteiger charge is 2.24. The number of nitrogens with one attached hydrogen (secondary N) is 1. The predicted molar refractivity (Wildman–Crippen MR) is 90.5 cm³/mol. The van der Waals surface area contributed by atoms with Gasteiger partial charge >= 0.3 is 0 Å². The minimum atomic E-state index is -0.0768. The standard InChI is InChI=1S/C18H24N4O2/c1-13-5-7-15(8-6-13)16(22-9-3-4-10-22)12-19-18(23)11-17-20-14(2)24-21-17/h5-8,16H,3-4,9-12H2,1-2H3,(H,19,23). The van der Waals surface area contributed by atoms with Crippen LogP contribution in [0.3, 0.4) is 0 Å². The smallest absolute Gasteiger partial charge is 0.227 e. The Kier molecular flexibility index (Phi) is 5.25. The van der Waals surface area contributed by atoms with Gasteiger partial charge in [-0.25, -0.2) is 0 Å². The molecule has 0 aliphatic carbocycles. The van der Waals surface area contributed by atoms with E-state index in [0.29, 0.717) is 18.3 Å². The molecule has 0 saturated carbocycles. The normalized spacial score (nSPS) is 16.2. The summed E-state index contributed by atoms with van der Waals surface area (Å²) >= 11 is 0. The second-order valence-electron chi connectivity index (χ2n) is 6.38. The van der Waals surface area contributed by atoms with Crippen molar-refractivity contribution < 1.29 is 9.32 Å².